The third kappa shape index (κ3) is 1.69. The topological polar surface area (TPSA) is 47.2 Å². The molecule has 0 aliphatic carbocycles. The van der Waals surface area contributed by atoms with Crippen LogP contribution in [-0.4, -0.2) is 23.3 Å². The summed E-state index contributed by atoms with van der Waals surface area (Å²) in [4.78, 5) is 22.8. The first-order chi connectivity index (χ1) is 6.57. The van der Waals surface area contributed by atoms with Crippen molar-refractivity contribution in [3.63, 3.8) is 0 Å². The summed E-state index contributed by atoms with van der Waals surface area (Å²) in [6.45, 7) is 0.113. The molecule has 0 N–H and O–H groups in total. The second-order valence-corrected chi connectivity index (χ2v) is 2.93. The van der Waals surface area contributed by atoms with Crippen LogP contribution in [-0.2, 0) is 6.54 Å². The molecule has 14 heavy (non-hydrogen) atoms. The lowest BCUT2D eigenvalue weighted by atomic mass is 10.6. The molecule has 0 aliphatic heterocycles. The Hall–Kier alpha value is -1.96. The summed E-state index contributed by atoms with van der Waals surface area (Å²) in [5.41, 5.74) is -1.22. The molecule has 0 aliphatic rings. The zero-order valence-corrected chi connectivity index (χ0v) is 8.10. The highest BCUT2D eigenvalue weighted by Crippen LogP contribution is 1.79. The van der Waals surface area contributed by atoms with Gasteiger partial charge in [0.15, 0.2) is 0 Å². The molecule has 0 unspecified atom stereocenters. The Morgan fingerprint density at radius 1 is 1.36 bits per heavy atom. The normalized spacial score (nSPS) is 9.50. The summed E-state index contributed by atoms with van der Waals surface area (Å²) in [5, 5.41) is 1.52. The van der Waals surface area contributed by atoms with Crippen LogP contribution in [0.2, 0.25) is 0 Å². The summed E-state index contributed by atoms with van der Waals surface area (Å²) in [6.07, 6.45) is 8.04. The van der Waals surface area contributed by atoms with E-state index in [9.17, 15) is 9.59 Å². The maximum absolute atomic E-state index is 11.4. The summed E-state index contributed by atoms with van der Waals surface area (Å²) < 4.78 is 2.41. The molecule has 1 rings (SSSR count). The fourth-order valence-corrected chi connectivity index (χ4v) is 1.04. The van der Waals surface area contributed by atoms with Crippen molar-refractivity contribution in [2.75, 3.05) is 19.1 Å². The number of aromatic nitrogens is 2. The van der Waals surface area contributed by atoms with Gasteiger partial charge in [0.1, 0.15) is 0 Å². The Bertz CT molecular complexity index is 476. The molecule has 0 amide bonds. The highest BCUT2D eigenvalue weighted by atomic mass is 16.2. The van der Waals surface area contributed by atoms with Gasteiger partial charge in [0.25, 0.3) is 0 Å². The first kappa shape index (κ1) is 10.1. The first-order valence-electron chi connectivity index (χ1n) is 4.01. The van der Waals surface area contributed by atoms with Crippen LogP contribution in [0.1, 0.15) is 0 Å². The molecule has 1 heterocycles. The van der Waals surface area contributed by atoms with Gasteiger partial charge in [-0.25, -0.2) is 4.68 Å². The first-order valence-corrected chi connectivity index (χ1v) is 4.01. The van der Waals surface area contributed by atoms with Crippen molar-refractivity contribution in [2.45, 2.75) is 6.54 Å². The van der Waals surface area contributed by atoms with E-state index in [0.29, 0.717) is 0 Å². The third-order valence-electron chi connectivity index (χ3n) is 1.73. The molecule has 0 spiro atoms. The monoisotopic (exact) mass is 193 g/mol. The van der Waals surface area contributed by atoms with E-state index < -0.39 is 11.1 Å². The minimum Gasteiger partial charge on any atom is -0.316 e. The molecule has 1 aromatic heterocycles. The standard InChI is InChI=1S/C9H11N3O2/c1-4-5-11-6-7-12(10(2)3)9(14)8(11)13/h1,6-7H,5H2,2-3H3. The van der Waals surface area contributed by atoms with Crippen LogP contribution in [0.4, 0.5) is 0 Å². The van der Waals surface area contributed by atoms with Crippen LogP contribution >= 0.6 is 0 Å². The Morgan fingerprint density at radius 3 is 2.50 bits per heavy atom. The van der Waals surface area contributed by atoms with Crippen LogP contribution < -0.4 is 16.1 Å². The van der Waals surface area contributed by atoms with Gasteiger partial charge in [-0.1, -0.05) is 5.92 Å². The van der Waals surface area contributed by atoms with E-state index in [1.54, 1.807) is 14.1 Å². The van der Waals surface area contributed by atoms with E-state index in [-0.39, 0.29) is 6.54 Å². The fourth-order valence-electron chi connectivity index (χ4n) is 1.04. The summed E-state index contributed by atoms with van der Waals surface area (Å²) in [6, 6.07) is 0. The molecule has 5 heteroatoms. The molecule has 0 radical (unpaired) electrons. The van der Waals surface area contributed by atoms with Crippen molar-refractivity contribution in [2.24, 2.45) is 0 Å². The lowest BCUT2D eigenvalue weighted by molar-refractivity contribution is 0.646. The molecule has 0 bridgehead atoms. The van der Waals surface area contributed by atoms with E-state index in [1.807, 2.05) is 0 Å². The molecule has 0 fully saturated rings. The maximum Gasteiger partial charge on any atom is 0.334 e. The van der Waals surface area contributed by atoms with Crippen molar-refractivity contribution in [1.29, 1.82) is 0 Å². The van der Waals surface area contributed by atoms with E-state index in [1.165, 1.54) is 26.6 Å². The predicted octanol–water partition coefficient (Wildman–Crippen LogP) is -1.16. The van der Waals surface area contributed by atoms with Crippen LogP contribution in [0.15, 0.2) is 22.0 Å². The van der Waals surface area contributed by atoms with Crippen molar-refractivity contribution in [1.82, 2.24) is 9.24 Å². The van der Waals surface area contributed by atoms with E-state index in [0.717, 1.165) is 0 Å². The fraction of sp³-hybridized carbons (Fsp3) is 0.333. The predicted molar refractivity (Wildman–Crippen MR) is 53.9 cm³/mol. The SMILES string of the molecule is C#CCn1ccn(N(C)C)c(=O)c1=O. The number of nitrogens with zero attached hydrogens (tertiary/aromatic N) is 3. The number of hydrogen-bond acceptors (Lipinski definition) is 3. The van der Waals surface area contributed by atoms with Crippen LogP contribution in [0, 0.1) is 12.3 Å². The van der Waals surface area contributed by atoms with Crippen LogP contribution in [0.5, 0.6) is 0 Å². The Morgan fingerprint density at radius 2 is 2.00 bits per heavy atom. The summed E-state index contributed by atoms with van der Waals surface area (Å²) >= 11 is 0. The van der Waals surface area contributed by atoms with Gasteiger partial charge in [-0.15, -0.1) is 6.42 Å². The van der Waals surface area contributed by atoms with Gasteiger partial charge in [-0.2, -0.15) is 0 Å². The third-order valence-corrected chi connectivity index (χ3v) is 1.73. The van der Waals surface area contributed by atoms with Gasteiger partial charge >= 0.3 is 11.1 Å². The molecule has 0 saturated heterocycles. The average Bonchev–Trinajstić information content (AvgIpc) is 2.13. The van der Waals surface area contributed by atoms with E-state index in [2.05, 4.69) is 5.92 Å². The second-order valence-electron chi connectivity index (χ2n) is 2.93. The van der Waals surface area contributed by atoms with Crippen LogP contribution in [0.3, 0.4) is 0 Å². The highest BCUT2D eigenvalue weighted by molar-refractivity contribution is 4.94. The molecule has 5 nitrogen and oxygen atoms in total. The molecule has 0 saturated carbocycles. The van der Waals surface area contributed by atoms with Gasteiger partial charge < -0.3 is 5.01 Å². The van der Waals surface area contributed by atoms with Gasteiger partial charge in [-0.05, 0) is 0 Å². The smallest absolute Gasteiger partial charge is 0.316 e. The quantitative estimate of drug-likeness (QED) is 0.440. The molecule has 0 aromatic carbocycles. The van der Waals surface area contributed by atoms with Gasteiger partial charge in [0.2, 0.25) is 0 Å². The van der Waals surface area contributed by atoms with Crippen LogP contribution in [0.25, 0.3) is 0 Å². The Labute approximate surface area is 81.2 Å². The molecule has 0 atom stereocenters. The zero-order chi connectivity index (χ0) is 10.7. The number of rotatable bonds is 2. The summed E-state index contributed by atoms with van der Waals surface area (Å²) in [7, 11) is 3.35. The van der Waals surface area contributed by atoms with Crippen molar-refractivity contribution >= 4 is 0 Å². The minimum atomic E-state index is -0.612. The van der Waals surface area contributed by atoms with Gasteiger partial charge in [0, 0.05) is 26.5 Å². The average molecular weight is 193 g/mol. The molecular formula is C9H11N3O2. The van der Waals surface area contributed by atoms with Crippen molar-refractivity contribution in [3.8, 4) is 12.3 Å². The lowest BCUT2D eigenvalue weighted by Gasteiger charge is -2.15. The van der Waals surface area contributed by atoms with Crippen molar-refractivity contribution in [3.05, 3.63) is 33.1 Å². The van der Waals surface area contributed by atoms with Gasteiger partial charge in [0.05, 0.1) is 6.54 Å². The lowest BCUT2D eigenvalue weighted by Crippen LogP contribution is -2.46. The highest BCUT2D eigenvalue weighted by Gasteiger charge is 2.04. The van der Waals surface area contributed by atoms with Crippen molar-refractivity contribution < 1.29 is 0 Å². The molecule has 1 aromatic rings. The Balaban J connectivity index is 3.36. The van der Waals surface area contributed by atoms with E-state index >= 15 is 0 Å². The maximum atomic E-state index is 11.4. The largest absolute Gasteiger partial charge is 0.334 e. The van der Waals surface area contributed by atoms with Gasteiger partial charge in [-0.3, -0.25) is 14.2 Å². The zero-order valence-electron chi connectivity index (χ0n) is 8.10. The number of hydrogen-bond donors (Lipinski definition) is 0. The molecule has 74 valence electrons. The Kier molecular flexibility index (Phi) is 2.77. The summed E-state index contributed by atoms with van der Waals surface area (Å²) in [5.74, 6) is 2.30. The second kappa shape index (κ2) is 3.83. The number of terminal acetylenes is 1. The van der Waals surface area contributed by atoms with E-state index in [4.69, 9.17) is 6.42 Å². The minimum absolute atomic E-state index is 0.113. The molecular weight excluding hydrogens is 182 g/mol.